The molecule has 0 unspecified atom stereocenters. The number of hydrogen-bond acceptors (Lipinski definition) is 5. The standard InChI is InChI=1S/C21H24ClN7O2/c1-4-12-6-14(16(23)7-15(12)22)20(24)26-9-18-25-8-17(28(18)3)21(31)27-13-10-29(11-13)19(30)5-2/h4-8,13H,1-2,9-11,23H2,3H3,(H2,24,26)(H,27,31). The van der Waals surface area contributed by atoms with E-state index in [2.05, 4.69) is 28.5 Å². The van der Waals surface area contributed by atoms with Crippen LogP contribution in [0.25, 0.3) is 6.08 Å². The lowest BCUT2D eigenvalue weighted by atomic mass is 10.1. The van der Waals surface area contributed by atoms with Gasteiger partial charge < -0.3 is 26.3 Å². The summed E-state index contributed by atoms with van der Waals surface area (Å²) in [6.45, 7) is 8.23. The van der Waals surface area contributed by atoms with Gasteiger partial charge in [0.2, 0.25) is 5.91 Å². The van der Waals surface area contributed by atoms with Crippen molar-refractivity contribution in [2.75, 3.05) is 18.8 Å². The summed E-state index contributed by atoms with van der Waals surface area (Å²) < 4.78 is 1.65. The number of hydrogen-bond donors (Lipinski definition) is 3. The zero-order chi connectivity index (χ0) is 22.7. The van der Waals surface area contributed by atoms with E-state index < -0.39 is 0 Å². The molecule has 10 heteroatoms. The fourth-order valence-corrected chi connectivity index (χ4v) is 3.42. The molecule has 1 aliphatic heterocycles. The second-order valence-electron chi connectivity index (χ2n) is 7.10. The maximum Gasteiger partial charge on any atom is 0.269 e. The predicted molar refractivity (Wildman–Crippen MR) is 122 cm³/mol. The summed E-state index contributed by atoms with van der Waals surface area (Å²) in [5.74, 6) is 0.367. The highest BCUT2D eigenvalue weighted by molar-refractivity contribution is 6.32. The third-order valence-electron chi connectivity index (χ3n) is 5.08. The van der Waals surface area contributed by atoms with Crippen molar-refractivity contribution < 1.29 is 9.59 Å². The van der Waals surface area contributed by atoms with Crippen LogP contribution in [0.4, 0.5) is 5.69 Å². The van der Waals surface area contributed by atoms with E-state index in [-0.39, 0.29) is 30.2 Å². The second kappa shape index (κ2) is 9.05. The minimum atomic E-state index is -0.272. The van der Waals surface area contributed by atoms with E-state index in [4.69, 9.17) is 23.1 Å². The average molecular weight is 442 g/mol. The molecule has 0 aliphatic carbocycles. The summed E-state index contributed by atoms with van der Waals surface area (Å²) in [5, 5.41) is 3.36. The lowest BCUT2D eigenvalue weighted by Crippen LogP contribution is -2.60. The number of rotatable bonds is 7. The Morgan fingerprint density at radius 1 is 1.39 bits per heavy atom. The van der Waals surface area contributed by atoms with E-state index >= 15 is 0 Å². The van der Waals surface area contributed by atoms with E-state index in [1.54, 1.807) is 34.7 Å². The van der Waals surface area contributed by atoms with Crippen molar-refractivity contribution in [2.45, 2.75) is 12.6 Å². The molecule has 5 N–H and O–H groups in total. The highest BCUT2D eigenvalue weighted by Gasteiger charge is 2.31. The highest BCUT2D eigenvalue weighted by Crippen LogP contribution is 2.24. The molecule has 1 fully saturated rings. The molecular weight excluding hydrogens is 418 g/mol. The van der Waals surface area contributed by atoms with Gasteiger partial charge in [0.25, 0.3) is 5.91 Å². The van der Waals surface area contributed by atoms with Gasteiger partial charge in [0.1, 0.15) is 17.4 Å². The summed E-state index contributed by atoms with van der Waals surface area (Å²) in [7, 11) is 1.73. The van der Waals surface area contributed by atoms with Crippen LogP contribution >= 0.6 is 11.6 Å². The minimum absolute atomic E-state index is 0.102. The van der Waals surface area contributed by atoms with Gasteiger partial charge in [-0.05, 0) is 23.8 Å². The molecule has 2 heterocycles. The number of amides is 2. The molecule has 0 bridgehead atoms. The Kier molecular flexibility index (Phi) is 6.45. The molecule has 0 saturated carbocycles. The second-order valence-corrected chi connectivity index (χ2v) is 7.51. The number of carbonyl (C=O) groups excluding carboxylic acids is 2. The topological polar surface area (TPSA) is 132 Å². The van der Waals surface area contributed by atoms with Crippen LogP contribution in [0.3, 0.4) is 0 Å². The zero-order valence-corrected chi connectivity index (χ0v) is 17.9. The minimum Gasteiger partial charge on any atom is -0.398 e. The largest absolute Gasteiger partial charge is 0.398 e. The number of amidine groups is 1. The van der Waals surface area contributed by atoms with Crippen molar-refractivity contribution in [2.24, 2.45) is 17.8 Å². The fourth-order valence-electron chi connectivity index (χ4n) is 3.17. The number of likely N-dealkylation sites (tertiary alicyclic amines) is 1. The summed E-state index contributed by atoms with van der Waals surface area (Å²) in [6, 6.07) is 3.22. The van der Waals surface area contributed by atoms with Crippen LogP contribution in [0.1, 0.15) is 27.4 Å². The van der Waals surface area contributed by atoms with Crippen LogP contribution < -0.4 is 16.8 Å². The van der Waals surface area contributed by atoms with Crippen molar-refractivity contribution in [3.63, 3.8) is 0 Å². The maximum atomic E-state index is 12.5. The van der Waals surface area contributed by atoms with E-state index in [0.717, 1.165) is 0 Å². The first-order valence-corrected chi connectivity index (χ1v) is 9.87. The fraction of sp³-hybridized carbons (Fsp3) is 0.238. The Hall–Kier alpha value is -3.59. The molecule has 1 aromatic carbocycles. The number of anilines is 1. The monoisotopic (exact) mass is 441 g/mol. The Labute approximate surface area is 185 Å². The number of aromatic nitrogens is 2. The Bertz CT molecular complexity index is 1080. The van der Waals surface area contributed by atoms with Gasteiger partial charge in [0.15, 0.2) is 0 Å². The first-order chi connectivity index (χ1) is 14.7. The molecule has 2 amide bonds. The smallest absolute Gasteiger partial charge is 0.269 e. The van der Waals surface area contributed by atoms with Crippen LogP contribution in [0.5, 0.6) is 0 Å². The highest BCUT2D eigenvalue weighted by atomic mass is 35.5. The van der Waals surface area contributed by atoms with Gasteiger partial charge in [-0.15, -0.1) is 0 Å². The summed E-state index contributed by atoms with van der Waals surface area (Å²) in [6.07, 6.45) is 4.35. The van der Waals surface area contributed by atoms with Gasteiger partial charge in [-0.2, -0.15) is 0 Å². The normalized spacial score (nSPS) is 14.1. The van der Waals surface area contributed by atoms with Crippen molar-refractivity contribution in [1.82, 2.24) is 19.8 Å². The molecule has 1 aromatic heterocycles. The average Bonchev–Trinajstić information content (AvgIpc) is 3.08. The number of nitrogens with zero attached hydrogens (tertiary/aromatic N) is 4. The first kappa shape index (κ1) is 22.1. The van der Waals surface area contributed by atoms with E-state index in [0.29, 0.717) is 46.4 Å². The number of halogens is 1. The third kappa shape index (κ3) is 4.61. The van der Waals surface area contributed by atoms with E-state index in [9.17, 15) is 9.59 Å². The van der Waals surface area contributed by atoms with Crippen LogP contribution in [0, 0.1) is 0 Å². The van der Waals surface area contributed by atoms with Gasteiger partial charge >= 0.3 is 0 Å². The number of nitrogen functional groups attached to an aromatic ring is 1. The molecular formula is C21H24ClN7O2. The van der Waals surface area contributed by atoms with Crippen molar-refractivity contribution in [3.05, 3.63) is 65.2 Å². The van der Waals surface area contributed by atoms with E-state index in [1.165, 1.54) is 12.3 Å². The lowest BCUT2D eigenvalue weighted by molar-refractivity contribution is -0.130. The molecule has 9 nitrogen and oxygen atoms in total. The molecule has 2 aromatic rings. The number of imidazole rings is 1. The molecule has 1 saturated heterocycles. The summed E-state index contributed by atoms with van der Waals surface area (Å²) >= 11 is 6.11. The molecule has 0 atom stereocenters. The molecule has 0 radical (unpaired) electrons. The number of nitrogens with one attached hydrogen (secondary N) is 1. The van der Waals surface area contributed by atoms with Gasteiger partial charge in [0, 0.05) is 36.4 Å². The molecule has 1 aliphatic rings. The number of carbonyl (C=O) groups is 2. The lowest BCUT2D eigenvalue weighted by Gasteiger charge is -2.38. The SMILES string of the molecule is C=CC(=O)N1CC(NC(=O)c2cnc(CN=C(N)c3cc(C=C)c(Cl)cc3N)n2C)C1. The van der Waals surface area contributed by atoms with Crippen molar-refractivity contribution in [1.29, 1.82) is 0 Å². The number of aliphatic imine (C=N–C) groups is 1. The molecule has 0 spiro atoms. The van der Waals surface area contributed by atoms with Crippen LogP contribution in [-0.4, -0.2) is 51.2 Å². The van der Waals surface area contributed by atoms with Gasteiger partial charge in [-0.1, -0.05) is 30.8 Å². The Morgan fingerprint density at radius 2 is 2.10 bits per heavy atom. The molecule has 162 valence electrons. The number of benzene rings is 1. The van der Waals surface area contributed by atoms with Crippen LogP contribution in [-0.2, 0) is 18.4 Å². The Balaban J connectivity index is 1.67. The summed E-state index contributed by atoms with van der Waals surface area (Å²) in [5.41, 5.74) is 14.2. The first-order valence-electron chi connectivity index (χ1n) is 9.49. The molecule has 3 rings (SSSR count). The van der Waals surface area contributed by atoms with Crippen LogP contribution in [0.15, 0.2) is 42.6 Å². The molecule has 31 heavy (non-hydrogen) atoms. The quantitative estimate of drug-likeness (QED) is 0.258. The van der Waals surface area contributed by atoms with Crippen molar-refractivity contribution >= 4 is 41.0 Å². The van der Waals surface area contributed by atoms with Gasteiger partial charge in [-0.3, -0.25) is 14.6 Å². The van der Waals surface area contributed by atoms with Gasteiger partial charge in [-0.25, -0.2) is 4.98 Å². The van der Waals surface area contributed by atoms with E-state index in [1.807, 2.05) is 0 Å². The zero-order valence-electron chi connectivity index (χ0n) is 17.1. The summed E-state index contributed by atoms with van der Waals surface area (Å²) in [4.78, 5) is 34.3. The number of nitrogens with two attached hydrogens (primary N) is 2. The maximum absolute atomic E-state index is 12.5. The predicted octanol–water partition coefficient (Wildman–Crippen LogP) is 1.33. The Morgan fingerprint density at radius 3 is 2.74 bits per heavy atom. The van der Waals surface area contributed by atoms with Gasteiger partial charge in [0.05, 0.1) is 18.8 Å². The third-order valence-corrected chi connectivity index (χ3v) is 5.40. The van der Waals surface area contributed by atoms with Crippen LogP contribution in [0.2, 0.25) is 5.02 Å². The van der Waals surface area contributed by atoms with Crippen molar-refractivity contribution in [3.8, 4) is 0 Å².